The van der Waals surface area contributed by atoms with Gasteiger partial charge in [0.2, 0.25) is 0 Å². The van der Waals surface area contributed by atoms with Crippen LogP contribution in [0.3, 0.4) is 0 Å². The Hall–Kier alpha value is -1.23. The highest BCUT2D eigenvalue weighted by molar-refractivity contribution is 9.09. The molecular weight excluding hydrogens is 264 g/mol. The molecular formula is C10H9BrO4. The molecule has 15 heavy (non-hydrogen) atoms. The number of alkyl halides is 1. The summed E-state index contributed by atoms with van der Waals surface area (Å²) in [7, 11) is 0. The molecule has 1 aromatic rings. The number of rotatable bonds is 0. The Kier molecular flexibility index (Phi) is 2.34. The summed E-state index contributed by atoms with van der Waals surface area (Å²) in [4.78, 5) is 11.3. The Labute approximate surface area is 94.6 Å². The predicted molar refractivity (Wildman–Crippen MR) is 56.3 cm³/mol. The van der Waals surface area contributed by atoms with Crippen LogP contribution in [0.4, 0.5) is 0 Å². The van der Waals surface area contributed by atoms with E-state index in [-0.39, 0.29) is 28.0 Å². The predicted octanol–water partition coefficient (Wildman–Crippen LogP) is 2.09. The summed E-state index contributed by atoms with van der Waals surface area (Å²) in [6.07, 6.45) is -0.328. The largest absolute Gasteiger partial charge is 0.508 e. The molecule has 2 atom stereocenters. The molecule has 4 nitrogen and oxygen atoms in total. The van der Waals surface area contributed by atoms with Crippen molar-refractivity contribution >= 4 is 21.9 Å². The zero-order valence-corrected chi connectivity index (χ0v) is 9.48. The van der Waals surface area contributed by atoms with E-state index < -0.39 is 5.97 Å². The quantitative estimate of drug-likeness (QED) is 0.561. The van der Waals surface area contributed by atoms with Crippen LogP contribution < -0.4 is 0 Å². The normalized spacial score (nSPS) is 24.5. The zero-order chi connectivity index (χ0) is 11.2. The number of phenolic OH excluding ortho intramolecular Hbond substituents is 2. The topological polar surface area (TPSA) is 66.8 Å². The van der Waals surface area contributed by atoms with Crippen LogP contribution in [0.2, 0.25) is 0 Å². The fraction of sp³-hybridized carbons (Fsp3) is 0.300. The lowest BCUT2D eigenvalue weighted by molar-refractivity contribution is 0.0294. The highest BCUT2D eigenvalue weighted by Crippen LogP contribution is 2.41. The monoisotopic (exact) mass is 272 g/mol. The average Bonchev–Trinajstić information content (AvgIpc) is 2.12. The summed E-state index contributed by atoms with van der Waals surface area (Å²) < 4.78 is 5.02. The molecule has 1 aliphatic heterocycles. The summed E-state index contributed by atoms with van der Waals surface area (Å²) >= 11 is 3.35. The van der Waals surface area contributed by atoms with Gasteiger partial charge in [-0.25, -0.2) is 4.79 Å². The first-order chi connectivity index (χ1) is 7.00. The third kappa shape index (κ3) is 1.56. The maximum absolute atomic E-state index is 11.5. The van der Waals surface area contributed by atoms with Crippen LogP contribution in [0, 0.1) is 0 Å². The number of aromatic hydroxyl groups is 2. The molecule has 1 aromatic carbocycles. The van der Waals surface area contributed by atoms with Crippen molar-refractivity contribution in [3.8, 4) is 11.5 Å². The SMILES string of the molecule is C[C@H]1OC(=O)c2c(O)cc(O)cc2C1Br. The molecule has 2 rings (SSSR count). The third-order valence-corrected chi connectivity index (χ3v) is 3.58. The van der Waals surface area contributed by atoms with Gasteiger partial charge in [-0.2, -0.15) is 0 Å². The smallest absolute Gasteiger partial charge is 0.342 e. The number of carbonyl (C=O) groups is 1. The highest BCUT2D eigenvalue weighted by atomic mass is 79.9. The number of hydrogen-bond donors (Lipinski definition) is 2. The van der Waals surface area contributed by atoms with Crippen LogP contribution >= 0.6 is 15.9 Å². The first-order valence-corrected chi connectivity index (χ1v) is 5.33. The first kappa shape index (κ1) is 10.3. The summed E-state index contributed by atoms with van der Waals surface area (Å²) in [6.45, 7) is 1.74. The minimum Gasteiger partial charge on any atom is -0.508 e. The van der Waals surface area contributed by atoms with Gasteiger partial charge in [-0.1, -0.05) is 15.9 Å². The van der Waals surface area contributed by atoms with Crippen molar-refractivity contribution < 1.29 is 19.7 Å². The molecule has 5 heteroatoms. The Morgan fingerprint density at radius 2 is 2.07 bits per heavy atom. The molecule has 0 fully saturated rings. The lowest BCUT2D eigenvalue weighted by Crippen LogP contribution is -2.27. The van der Waals surface area contributed by atoms with E-state index in [0.717, 1.165) is 6.07 Å². The number of hydrogen-bond acceptors (Lipinski definition) is 4. The van der Waals surface area contributed by atoms with Crippen LogP contribution in [0.15, 0.2) is 12.1 Å². The number of esters is 1. The molecule has 0 aromatic heterocycles. The second-order valence-electron chi connectivity index (χ2n) is 3.44. The van der Waals surface area contributed by atoms with Crippen LogP contribution in [0.25, 0.3) is 0 Å². The number of ether oxygens (including phenoxy) is 1. The van der Waals surface area contributed by atoms with Gasteiger partial charge in [-0.05, 0) is 18.6 Å². The van der Waals surface area contributed by atoms with Gasteiger partial charge in [0, 0.05) is 6.07 Å². The molecule has 0 saturated heterocycles. The summed E-state index contributed by atoms with van der Waals surface area (Å²) in [6, 6.07) is 2.57. The lowest BCUT2D eigenvalue weighted by Gasteiger charge is -2.27. The Morgan fingerprint density at radius 3 is 2.73 bits per heavy atom. The summed E-state index contributed by atoms with van der Waals surface area (Å²) in [5, 5.41) is 18.9. The van der Waals surface area contributed by atoms with Gasteiger partial charge < -0.3 is 14.9 Å². The van der Waals surface area contributed by atoms with Crippen LogP contribution in [0.5, 0.6) is 11.5 Å². The van der Waals surface area contributed by atoms with Crippen molar-refractivity contribution in [1.29, 1.82) is 0 Å². The van der Waals surface area contributed by atoms with Crippen molar-refractivity contribution in [3.05, 3.63) is 23.3 Å². The number of carbonyl (C=O) groups excluding carboxylic acids is 1. The second kappa shape index (κ2) is 3.41. The highest BCUT2D eigenvalue weighted by Gasteiger charge is 2.33. The van der Waals surface area contributed by atoms with E-state index in [0.29, 0.717) is 5.56 Å². The molecule has 1 unspecified atom stereocenters. The van der Waals surface area contributed by atoms with Crippen molar-refractivity contribution in [2.24, 2.45) is 0 Å². The van der Waals surface area contributed by atoms with Crippen molar-refractivity contribution in [3.63, 3.8) is 0 Å². The molecule has 0 bridgehead atoms. The lowest BCUT2D eigenvalue weighted by atomic mass is 9.98. The standard InChI is InChI=1S/C10H9BrO4/c1-4-9(11)6-2-5(12)3-7(13)8(6)10(14)15-4/h2-4,9,12-13H,1H3/t4-,9?/m1/s1. The van der Waals surface area contributed by atoms with E-state index in [1.165, 1.54) is 6.07 Å². The molecule has 0 spiro atoms. The summed E-state index contributed by atoms with van der Waals surface area (Å²) in [5.41, 5.74) is 0.670. The Bertz CT molecular complexity index is 430. The molecule has 2 N–H and O–H groups in total. The van der Waals surface area contributed by atoms with E-state index in [9.17, 15) is 15.0 Å². The van der Waals surface area contributed by atoms with Crippen molar-refractivity contribution in [2.45, 2.75) is 17.9 Å². The van der Waals surface area contributed by atoms with Gasteiger partial charge in [0.25, 0.3) is 0 Å². The number of cyclic esters (lactones) is 1. The molecule has 1 aliphatic rings. The molecule has 80 valence electrons. The number of phenols is 2. The Balaban J connectivity index is 2.65. The van der Waals surface area contributed by atoms with Gasteiger partial charge in [0.05, 0.1) is 4.83 Å². The minimum absolute atomic E-state index is 0.0717. The van der Waals surface area contributed by atoms with E-state index in [1.807, 2.05) is 0 Å². The molecule has 0 amide bonds. The van der Waals surface area contributed by atoms with E-state index in [1.54, 1.807) is 6.92 Å². The maximum Gasteiger partial charge on any atom is 0.342 e. The molecule has 0 radical (unpaired) electrons. The molecule has 0 saturated carbocycles. The molecule has 0 aliphatic carbocycles. The number of fused-ring (bicyclic) bond motifs is 1. The number of halogens is 1. The third-order valence-electron chi connectivity index (χ3n) is 2.34. The summed E-state index contributed by atoms with van der Waals surface area (Å²) in [5.74, 6) is -0.894. The fourth-order valence-corrected chi connectivity index (χ4v) is 2.08. The average molecular weight is 273 g/mol. The van der Waals surface area contributed by atoms with E-state index in [2.05, 4.69) is 15.9 Å². The van der Waals surface area contributed by atoms with Gasteiger partial charge in [-0.15, -0.1) is 0 Å². The van der Waals surface area contributed by atoms with Crippen LogP contribution in [-0.4, -0.2) is 22.3 Å². The second-order valence-corrected chi connectivity index (χ2v) is 4.43. The van der Waals surface area contributed by atoms with Crippen LogP contribution in [-0.2, 0) is 4.74 Å². The zero-order valence-electron chi connectivity index (χ0n) is 7.90. The van der Waals surface area contributed by atoms with Crippen molar-refractivity contribution in [2.75, 3.05) is 0 Å². The van der Waals surface area contributed by atoms with E-state index in [4.69, 9.17) is 4.74 Å². The van der Waals surface area contributed by atoms with Gasteiger partial charge in [0.1, 0.15) is 23.2 Å². The van der Waals surface area contributed by atoms with Crippen LogP contribution in [0.1, 0.15) is 27.7 Å². The Morgan fingerprint density at radius 1 is 1.40 bits per heavy atom. The molecule has 1 heterocycles. The minimum atomic E-state index is -0.564. The van der Waals surface area contributed by atoms with Gasteiger partial charge in [-0.3, -0.25) is 0 Å². The maximum atomic E-state index is 11.5. The fourth-order valence-electron chi connectivity index (χ4n) is 1.61. The van der Waals surface area contributed by atoms with E-state index >= 15 is 0 Å². The number of benzene rings is 1. The first-order valence-electron chi connectivity index (χ1n) is 4.41. The van der Waals surface area contributed by atoms with Crippen molar-refractivity contribution in [1.82, 2.24) is 0 Å². The van der Waals surface area contributed by atoms with Gasteiger partial charge >= 0.3 is 5.97 Å². The van der Waals surface area contributed by atoms with Gasteiger partial charge in [0.15, 0.2) is 0 Å².